The lowest BCUT2D eigenvalue weighted by molar-refractivity contribution is 0.324. The van der Waals surface area contributed by atoms with Crippen LogP contribution in [0.2, 0.25) is 0 Å². The number of methoxy groups -OCH3 is 4. The van der Waals surface area contributed by atoms with E-state index in [0.717, 1.165) is 22.3 Å². The van der Waals surface area contributed by atoms with Gasteiger partial charge in [-0.2, -0.15) is 4.98 Å². The van der Waals surface area contributed by atoms with Crippen LogP contribution in [0.3, 0.4) is 0 Å². The maximum atomic E-state index is 5.46. The quantitative estimate of drug-likeness (QED) is 0.252. The van der Waals surface area contributed by atoms with Crippen LogP contribution in [0.15, 0.2) is 67.0 Å². The highest BCUT2D eigenvalue weighted by Crippen LogP contribution is 2.40. The second-order valence-electron chi connectivity index (χ2n) is 8.55. The highest BCUT2D eigenvalue weighted by Gasteiger charge is 2.19. The van der Waals surface area contributed by atoms with Crippen molar-refractivity contribution in [2.24, 2.45) is 0 Å². The number of ether oxygens (including phenoxy) is 4. The topological polar surface area (TPSA) is 117 Å². The number of anilines is 3. The maximum absolute atomic E-state index is 5.46. The van der Waals surface area contributed by atoms with Gasteiger partial charge in [0, 0.05) is 17.8 Å². The minimum atomic E-state index is -0.0508. The van der Waals surface area contributed by atoms with Crippen molar-refractivity contribution in [2.45, 2.75) is 13.0 Å². The van der Waals surface area contributed by atoms with Crippen LogP contribution in [0.5, 0.6) is 23.0 Å². The van der Waals surface area contributed by atoms with Crippen molar-refractivity contribution in [3.8, 4) is 28.9 Å². The van der Waals surface area contributed by atoms with Crippen LogP contribution >= 0.6 is 0 Å². The van der Waals surface area contributed by atoms with E-state index in [4.69, 9.17) is 28.9 Å². The number of hydrogen-bond acceptors (Lipinski definition) is 10. The number of para-hydroxylation sites is 2. The minimum Gasteiger partial charge on any atom is -0.497 e. The van der Waals surface area contributed by atoms with E-state index in [9.17, 15) is 0 Å². The summed E-state index contributed by atoms with van der Waals surface area (Å²) in [6.45, 7) is 2.07. The summed E-state index contributed by atoms with van der Waals surface area (Å²) < 4.78 is 23.5. The van der Waals surface area contributed by atoms with Gasteiger partial charge < -0.3 is 29.6 Å². The predicted molar refractivity (Wildman–Crippen MR) is 149 cm³/mol. The SMILES string of the molecule is COc1ccc([C@@H](C)Nc2nc3ccccc3n2-c2ncnc(Nc3cc(OC)c(OC)c(OC)c3)n2)cc1. The number of aromatic nitrogens is 5. The number of hydrogen-bond donors (Lipinski definition) is 2. The number of nitrogens with zero attached hydrogens (tertiary/aromatic N) is 5. The molecule has 2 aromatic heterocycles. The Hall–Kier alpha value is -5.06. The molecule has 0 saturated heterocycles. The van der Waals surface area contributed by atoms with Crippen LogP contribution in [-0.4, -0.2) is 52.9 Å². The molecule has 0 unspecified atom stereocenters. The summed E-state index contributed by atoms with van der Waals surface area (Å²) in [4.78, 5) is 18.3. The van der Waals surface area contributed by atoms with Crippen LogP contribution in [0.1, 0.15) is 18.5 Å². The van der Waals surface area contributed by atoms with Crippen molar-refractivity contribution in [3.63, 3.8) is 0 Å². The van der Waals surface area contributed by atoms with Crippen LogP contribution in [0.4, 0.5) is 17.6 Å². The zero-order valence-electron chi connectivity index (χ0n) is 22.3. The summed E-state index contributed by atoms with van der Waals surface area (Å²) in [6.07, 6.45) is 1.45. The first-order valence-corrected chi connectivity index (χ1v) is 12.2. The van der Waals surface area contributed by atoms with E-state index in [1.165, 1.54) is 6.33 Å². The number of imidazole rings is 1. The van der Waals surface area contributed by atoms with Gasteiger partial charge in [0.1, 0.15) is 12.1 Å². The molecule has 0 bridgehead atoms. The lowest BCUT2D eigenvalue weighted by atomic mass is 10.1. The predicted octanol–water partition coefficient (Wildman–Crippen LogP) is 5.16. The van der Waals surface area contributed by atoms with E-state index in [1.807, 2.05) is 53.1 Å². The molecule has 0 saturated carbocycles. The molecule has 0 radical (unpaired) electrons. The second-order valence-corrected chi connectivity index (χ2v) is 8.55. The fourth-order valence-corrected chi connectivity index (χ4v) is 4.23. The molecule has 0 amide bonds. The number of fused-ring (bicyclic) bond motifs is 1. The highest BCUT2D eigenvalue weighted by atomic mass is 16.5. The Morgan fingerprint density at radius 3 is 2.18 bits per heavy atom. The van der Waals surface area contributed by atoms with Gasteiger partial charge in [-0.05, 0) is 36.8 Å². The van der Waals surface area contributed by atoms with E-state index in [0.29, 0.717) is 40.8 Å². The van der Waals surface area contributed by atoms with E-state index in [-0.39, 0.29) is 6.04 Å². The van der Waals surface area contributed by atoms with Gasteiger partial charge in [-0.1, -0.05) is 24.3 Å². The Kier molecular flexibility index (Phi) is 7.30. The third-order valence-electron chi connectivity index (χ3n) is 6.20. The van der Waals surface area contributed by atoms with Gasteiger partial charge in [0.05, 0.1) is 45.5 Å². The Labute approximate surface area is 225 Å². The van der Waals surface area contributed by atoms with Crippen LogP contribution < -0.4 is 29.6 Å². The molecule has 0 fully saturated rings. The van der Waals surface area contributed by atoms with Crippen molar-refractivity contribution < 1.29 is 18.9 Å². The summed E-state index contributed by atoms with van der Waals surface area (Å²) in [5.74, 6) is 3.65. The first-order chi connectivity index (χ1) is 19.0. The highest BCUT2D eigenvalue weighted by molar-refractivity contribution is 5.80. The Morgan fingerprint density at radius 2 is 1.51 bits per heavy atom. The summed E-state index contributed by atoms with van der Waals surface area (Å²) in [6, 6.07) is 19.2. The van der Waals surface area contributed by atoms with Gasteiger partial charge in [0.2, 0.25) is 23.6 Å². The van der Waals surface area contributed by atoms with Gasteiger partial charge >= 0.3 is 0 Å². The molecule has 0 spiro atoms. The van der Waals surface area contributed by atoms with E-state index in [2.05, 4.69) is 27.5 Å². The molecule has 11 nitrogen and oxygen atoms in total. The van der Waals surface area contributed by atoms with Crippen molar-refractivity contribution in [1.82, 2.24) is 24.5 Å². The molecule has 2 heterocycles. The largest absolute Gasteiger partial charge is 0.497 e. The molecule has 0 aliphatic heterocycles. The average molecular weight is 528 g/mol. The Bertz CT molecular complexity index is 1560. The standard InChI is InChI=1S/C28H29N7O4/c1-17(18-10-12-20(36-2)13-11-18)31-28-33-21-8-6-7-9-22(21)35(28)27-30-16-29-26(34-27)32-19-14-23(37-3)25(39-5)24(15-19)38-4/h6-17H,1-5H3,(H,31,33)(H,29,30,32,34)/t17-/m1/s1. The lowest BCUT2D eigenvalue weighted by Crippen LogP contribution is -2.13. The summed E-state index contributed by atoms with van der Waals surface area (Å²) in [5, 5.41) is 6.72. The third-order valence-corrected chi connectivity index (χ3v) is 6.20. The van der Waals surface area contributed by atoms with Gasteiger partial charge in [-0.25, -0.2) is 19.5 Å². The molecule has 2 N–H and O–H groups in total. The monoisotopic (exact) mass is 527 g/mol. The summed E-state index contributed by atoms with van der Waals surface area (Å²) in [7, 11) is 6.34. The van der Waals surface area contributed by atoms with Gasteiger partial charge in [0.15, 0.2) is 11.5 Å². The molecular formula is C28H29N7O4. The van der Waals surface area contributed by atoms with Crippen molar-refractivity contribution in [2.75, 3.05) is 39.1 Å². The molecule has 5 rings (SSSR count). The summed E-state index contributed by atoms with van der Waals surface area (Å²) >= 11 is 0. The lowest BCUT2D eigenvalue weighted by Gasteiger charge is -2.17. The number of benzene rings is 3. The third kappa shape index (κ3) is 5.19. The van der Waals surface area contributed by atoms with Gasteiger partial charge in [-0.3, -0.25) is 0 Å². The fraction of sp³-hybridized carbons (Fsp3) is 0.214. The first kappa shape index (κ1) is 25.6. The molecule has 0 aliphatic rings. The Morgan fingerprint density at radius 1 is 0.795 bits per heavy atom. The summed E-state index contributed by atoms with van der Waals surface area (Å²) in [5.41, 5.74) is 3.40. The normalized spacial score (nSPS) is 11.6. The molecule has 1 atom stereocenters. The van der Waals surface area contributed by atoms with Crippen molar-refractivity contribution in [3.05, 3.63) is 72.6 Å². The zero-order valence-corrected chi connectivity index (χ0v) is 22.3. The van der Waals surface area contributed by atoms with Crippen LogP contribution in [0, 0.1) is 0 Å². The van der Waals surface area contributed by atoms with Crippen LogP contribution in [0.25, 0.3) is 17.0 Å². The second kappa shape index (κ2) is 11.1. The molecule has 200 valence electrons. The van der Waals surface area contributed by atoms with Crippen molar-refractivity contribution >= 4 is 28.6 Å². The van der Waals surface area contributed by atoms with E-state index >= 15 is 0 Å². The molecule has 0 aliphatic carbocycles. The number of rotatable bonds is 10. The molecule has 39 heavy (non-hydrogen) atoms. The fourth-order valence-electron chi connectivity index (χ4n) is 4.23. The molecule has 11 heteroatoms. The van der Waals surface area contributed by atoms with Gasteiger partial charge in [0.25, 0.3) is 0 Å². The number of nitrogens with one attached hydrogen (secondary N) is 2. The molecular weight excluding hydrogens is 498 g/mol. The van der Waals surface area contributed by atoms with Gasteiger partial charge in [-0.15, -0.1) is 0 Å². The zero-order chi connectivity index (χ0) is 27.4. The minimum absolute atomic E-state index is 0.0508. The van der Waals surface area contributed by atoms with Crippen molar-refractivity contribution in [1.29, 1.82) is 0 Å². The van der Waals surface area contributed by atoms with Crippen LogP contribution in [-0.2, 0) is 0 Å². The Balaban J connectivity index is 1.50. The average Bonchev–Trinajstić information content (AvgIpc) is 3.34. The molecule has 3 aromatic carbocycles. The maximum Gasteiger partial charge on any atom is 0.241 e. The van der Waals surface area contributed by atoms with E-state index in [1.54, 1.807) is 40.6 Å². The molecule has 5 aromatic rings. The van der Waals surface area contributed by atoms with E-state index < -0.39 is 0 Å². The first-order valence-electron chi connectivity index (χ1n) is 12.2. The smallest absolute Gasteiger partial charge is 0.241 e.